The summed E-state index contributed by atoms with van der Waals surface area (Å²) in [6.45, 7) is 6.07. The SMILES string of the molecule is CN=C(NCCC1CCN(C)CC1)N1CCC2(CCC2)C1.I. The second-order valence-electron chi connectivity index (χ2n) is 7.53. The van der Waals surface area contributed by atoms with Gasteiger partial charge in [-0.3, -0.25) is 4.99 Å². The van der Waals surface area contributed by atoms with E-state index in [1.807, 2.05) is 7.05 Å². The zero-order chi connectivity index (χ0) is 14.7. The average molecular weight is 420 g/mol. The summed E-state index contributed by atoms with van der Waals surface area (Å²) in [6, 6.07) is 0. The lowest BCUT2D eigenvalue weighted by atomic mass is 9.68. The van der Waals surface area contributed by atoms with Crippen molar-refractivity contribution in [1.29, 1.82) is 0 Å². The fraction of sp³-hybridized carbons (Fsp3) is 0.941. The third-order valence-corrected chi connectivity index (χ3v) is 6.04. The number of piperidine rings is 1. The van der Waals surface area contributed by atoms with E-state index in [1.165, 1.54) is 71.1 Å². The molecule has 0 amide bonds. The highest BCUT2D eigenvalue weighted by Crippen LogP contribution is 2.47. The van der Waals surface area contributed by atoms with Gasteiger partial charge >= 0.3 is 0 Å². The van der Waals surface area contributed by atoms with Crippen molar-refractivity contribution in [2.24, 2.45) is 16.3 Å². The number of halogens is 1. The molecular formula is C17H33IN4. The van der Waals surface area contributed by atoms with Crippen molar-refractivity contribution in [1.82, 2.24) is 15.1 Å². The van der Waals surface area contributed by atoms with Gasteiger partial charge in [0.2, 0.25) is 0 Å². The van der Waals surface area contributed by atoms with E-state index < -0.39 is 0 Å². The molecule has 128 valence electrons. The minimum atomic E-state index is 0. The first-order valence-corrected chi connectivity index (χ1v) is 8.85. The van der Waals surface area contributed by atoms with Crippen LogP contribution in [-0.2, 0) is 0 Å². The van der Waals surface area contributed by atoms with Crippen LogP contribution in [0.3, 0.4) is 0 Å². The average Bonchev–Trinajstić information content (AvgIpc) is 2.91. The van der Waals surface area contributed by atoms with Crippen molar-refractivity contribution in [2.75, 3.05) is 46.8 Å². The third kappa shape index (κ3) is 4.28. The van der Waals surface area contributed by atoms with Gasteiger partial charge in [-0.2, -0.15) is 0 Å². The normalized spacial score (nSPS) is 25.9. The predicted octanol–water partition coefficient (Wildman–Crippen LogP) is 2.79. The lowest BCUT2D eigenvalue weighted by Gasteiger charge is -2.38. The van der Waals surface area contributed by atoms with Crippen molar-refractivity contribution >= 4 is 29.9 Å². The van der Waals surface area contributed by atoms with E-state index in [0.29, 0.717) is 5.41 Å². The first-order chi connectivity index (χ1) is 10.2. The van der Waals surface area contributed by atoms with Crippen LogP contribution in [0.15, 0.2) is 4.99 Å². The van der Waals surface area contributed by atoms with E-state index in [-0.39, 0.29) is 24.0 Å². The van der Waals surface area contributed by atoms with Gasteiger partial charge in [-0.15, -0.1) is 24.0 Å². The maximum Gasteiger partial charge on any atom is 0.193 e. The monoisotopic (exact) mass is 420 g/mol. The number of likely N-dealkylation sites (tertiary alicyclic amines) is 2. The molecular weight excluding hydrogens is 387 g/mol. The van der Waals surface area contributed by atoms with Crippen molar-refractivity contribution in [3.05, 3.63) is 0 Å². The van der Waals surface area contributed by atoms with Gasteiger partial charge in [0.25, 0.3) is 0 Å². The topological polar surface area (TPSA) is 30.9 Å². The van der Waals surface area contributed by atoms with E-state index in [9.17, 15) is 0 Å². The Bertz CT molecular complexity index is 373. The Balaban J connectivity index is 0.00000176. The number of hydrogen-bond donors (Lipinski definition) is 1. The molecule has 3 aliphatic rings. The lowest BCUT2D eigenvalue weighted by Crippen LogP contribution is -2.43. The third-order valence-electron chi connectivity index (χ3n) is 6.04. The summed E-state index contributed by atoms with van der Waals surface area (Å²) in [4.78, 5) is 9.46. The quantitative estimate of drug-likeness (QED) is 0.433. The summed E-state index contributed by atoms with van der Waals surface area (Å²) < 4.78 is 0. The minimum Gasteiger partial charge on any atom is -0.356 e. The van der Waals surface area contributed by atoms with Crippen LogP contribution >= 0.6 is 24.0 Å². The van der Waals surface area contributed by atoms with Crippen molar-refractivity contribution in [2.45, 2.75) is 44.9 Å². The van der Waals surface area contributed by atoms with Gasteiger partial charge in [-0.1, -0.05) is 6.42 Å². The van der Waals surface area contributed by atoms with E-state index in [4.69, 9.17) is 0 Å². The molecule has 1 spiro atoms. The Morgan fingerprint density at radius 3 is 2.45 bits per heavy atom. The Hall–Kier alpha value is -0.0400. The highest BCUT2D eigenvalue weighted by Gasteiger charge is 2.43. The molecule has 2 saturated heterocycles. The van der Waals surface area contributed by atoms with Gasteiger partial charge in [-0.05, 0) is 70.0 Å². The van der Waals surface area contributed by atoms with Crippen LogP contribution in [0.1, 0.15) is 44.9 Å². The zero-order valence-electron chi connectivity index (χ0n) is 14.3. The smallest absolute Gasteiger partial charge is 0.193 e. The summed E-state index contributed by atoms with van der Waals surface area (Å²) in [6.07, 6.45) is 9.73. The molecule has 0 aromatic carbocycles. The van der Waals surface area contributed by atoms with Crippen LogP contribution < -0.4 is 5.32 Å². The Morgan fingerprint density at radius 2 is 1.91 bits per heavy atom. The second-order valence-corrected chi connectivity index (χ2v) is 7.53. The lowest BCUT2D eigenvalue weighted by molar-refractivity contribution is 0.151. The molecule has 0 aromatic rings. The zero-order valence-corrected chi connectivity index (χ0v) is 16.6. The summed E-state index contributed by atoms with van der Waals surface area (Å²) >= 11 is 0. The molecule has 22 heavy (non-hydrogen) atoms. The molecule has 0 radical (unpaired) electrons. The van der Waals surface area contributed by atoms with E-state index in [2.05, 4.69) is 27.2 Å². The van der Waals surface area contributed by atoms with E-state index >= 15 is 0 Å². The molecule has 0 bridgehead atoms. The largest absolute Gasteiger partial charge is 0.356 e. The van der Waals surface area contributed by atoms with Crippen LogP contribution in [-0.4, -0.2) is 62.6 Å². The maximum atomic E-state index is 4.51. The summed E-state index contributed by atoms with van der Waals surface area (Å²) in [5.41, 5.74) is 0.658. The minimum absolute atomic E-state index is 0. The van der Waals surface area contributed by atoms with Gasteiger partial charge in [0.15, 0.2) is 5.96 Å². The van der Waals surface area contributed by atoms with E-state index in [0.717, 1.165) is 18.4 Å². The molecule has 1 aliphatic carbocycles. The van der Waals surface area contributed by atoms with Crippen LogP contribution in [0.4, 0.5) is 0 Å². The highest BCUT2D eigenvalue weighted by molar-refractivity contribution is 14.0. The number of aliphatic imine (C=N–C) groups is 1. The van der Waals surface area contributed by atoms with Crippen LogP contribution in [0, 0.1) is 11.3 Å². The van der Waals surface area contributed by atoms with Crippen LogP contribution in [0.2, 0.25) is 0 Å². The van der Waals surface area contributed by atoms with Crippen molar-refractivity contribution in [3.63, 3.8) is 0 Å². The number of rotatable bonds is 3. The first kappa shape index (κ1) is 18.3. The highest BCUT2D eigenvalue weighted by atomic mass is 127. The fourth-order valence-electron chi connectivity index (χ4n) is 4.27. The summed E-state index contributed by atoms with van der Waals surface area (Å²) in [5, 5.41) is 3.62. The van der Waals surface area contributed by atoms with E-state index in [1.54, 1.807) is 0 Å². The van der Waals surface area contributed by atoms with Gasteiger partial charge in [-0.25, -0.2) is 0 Å². The molecule has 2 aliphatic heterocycles. The van der Waals surface area contributed by atoms with Crippen LogP contribution in [0.5, 0.6) is 0 Å². The molecule has 0 unspecified atom stereocenters. The molecule has 1 N–H and O–H groups in total. The molecule has 0 aromatic heterocycles. The molecule has 1 saturated carbocycles. The molecule has 3 rings (SSSR count). The maximum absolute atomic E-state index is 4.51. The fourth-order valence-corrected chi connectivity index (χ4v) is 4.27. The molecule has 5 heteroatoms. The second kappa shape index (κ2) is 8.18. The predicted molar refractivity (Wildman–Crippen MR) is 104 cm³/mol. The Morgan fingerprint density at radius 1 is 1.18 bits per heavy atom. The molecule has 4 nitrogen and oxygen atoms in total. The van der Waals surface area contributed by atoms with Gasteiger partial charge < -0.3 is 15.1 Å². The number of nitrogens with one attached hydrogen (secondary N) is 1. The number of guanidine groups is 1. The number of nitrogens with zero attached hydrogens (tertiary/aromatic N) is 3. The van der Waals surface area contributed by atoms with Crippen molar-refractivity contribution < 1.29 is 0 Å². The molecule has 2 heterocycles. The van der Waals surface area contributed by atoms with Gasteiger partial charge in [0, 0.05) is 26.7 Å². The summed E-state index contributed by atoms with van der Waals surface area (Å²) in [7, 11) is 4.17. The standard InChI is InChI=1S/C17H32N4.HI/c1-18-16(21-13-9-17(14-21)7-3-8-17)19-10-4-15-5-11-20(2)12-6-15;/h15H,3-14H2,1-2H3,(H,18,19);1H. The first-order valence-electron chi connectivity index (χ1n) is 8.85. The van der Waals surface area contributed by atoms with Crippen LogP contribution in [0.25, 0.3) is 0 Å². The van der Waals surface area contributed by atoms with Gasteiger partial charge in [0.1, 0.15) is 0 Å². The number of hydrogen-bond acceptors (Lipinski definition) is 2. The molecule has 0 atom stereocenters. The Kier molecular flexibility index (Phi) is 6.80. The Labute approximate surface area is 153 Å². The van der Waals surface area contributed by atoms with Gasteiger partial charge in [0.05, 0.1) is 0 Å². The van der Waals surface area contributed by atoms with Crippen molar-refractivity contribution in [3.8, 4) is 0 Å². The summed E-state index contributed by atoms with van der Waals surface area (Å²) in [5.74, 6) is 2.05. The molecule has 3 fully saturated rings.